The number of rotatable bonds is 7. The first-order valence-corrected chi connectivity index (χ1v) is 11.5. The molecule has 1 aliphatic heterocycles. The summed E-state index contributed by atoms with van der Waals surface area (Å²) in [7, 11) is 1.00. The summed E-state index contributed by atoms with van der Waals surface area (Å²) in [5.74, 6) is 1.74. The van der Waals surface area contributed by atoms with Crippen molar-refractivity contribution in [2.24, 2.45) is 0 Å². The summed E-state index contributed by atoms with van der Waals surface area (Å²) in [5.41, 5.74) is 0.935. The van der Waals surface area contributed by atoms with Gasteiger partial charge in [-0.05, 0) is 18.2 Å². The van der Waals surface area contributed by atoms with Gasteiger partial charge in [0.15, 0.2) is 11.5 Å². The summed E-state index contributed by atoms with van der Waals surface area (Å²) >= 11 is 12.1. The monoisotopic (exact) mass is 474 g/mol. The molecular weight excluding hydrogens is 451 g/mol. The highest BCUT2D eigenvalue weighted by atomic mass is 35.5. The third-order valence-corrected chi connectivity index (χ3v) is 7.92. The van der Waals surface area contributed by atoms with Crippen LogP contribution in [-0.2, 0) is 16.6 Å². The predicted octanol–water partition coefficient (Wildman–Crippen LogP) is 3.53. The third kappa shape index (κ3) is 4.48. The molecule has 0 amide bonds. The van der Waals surface area contributed by atoms with Crippen molar-refractivity contribution < 1.29 is 22.6 Å². The number of hydrogen-bond donors (Lipinski definition) is 0. The predicted molar refractivity (Wildman–Crippen MR) is 117 cm³/mol. The first-order chi connectivity index (χ1) is 14.3. The van der Waals surface area contributed by atoms with Gasteiger partial charge in [0.05, 0.1) is 31.4 Å². The molecule has 3 rings (SSSR count). The van der Waals surface area contributed by atoms with Gasteiger partial charge in [-0.15, -0.1) is 0 Å². The summed E-state index contributed by atoms with van der Waals surface area (Å²) in [6, 6.07) is 8.38. The van der Waals surface area contributed by atoms with Crippen LogP contribution in [0.15, 0.2) is 35.2 Å². The van der Waals surface area contributed by atoms with Gasteiger partial charge in [-0.3, -0.25) is 4.90 Å². The van der Waals surface area contributed by atoms with Crippen molar-refractivity contribution in [1.82, 2.24) is 9.21 Å². The Balaban J connectivity index is 1.73. The zero-order valence-electron chi connectivity index (χ0n) is 17.0. The summed E-state index contributed by atoms with van der Waals surface area (Å²) in [6.45, 7) is 2.42. The molecule has 10 heteroatoms. The van der Waals surface area contributed by atoms with Crippen molar-refractivity contribution in [3.05, 3.63) is 45.9 Å². The number of methoxy groups -OCH3 is 3. The lowest BCUT2D eigenvalue weighted by atomic mass is 10.1. The molecule has 7 nitrogen and oxygen atoms in total. The first kappa shape index (κ1) is 23.0. The number of ether oxygens (including phenoxy) is 3. The molecule has 0 bridgehead atoms. The van der Waals surface area contributed by atoms with E-state index in [1.807, 2.05) is 12.1 Å². The van der Waals surface area contributed by atoms with Crippen molar-refractivity contribution in [1.29, 1.82) is 0 Å². The largest absolute Gasteiger partial charge is 0.493 e. The smallest absolute Gasteiger partial charge is 0.244 e. The SMILES string of the molecule is COc1ccc(CN2CCN(S(=O)(=O)c3cccc(Cl)c3Cl)CC2)c(OC)c1OC. The fraction of sp³-hybridized carbons (Fsp3) is 0.400. The lowest BCUT2D eigenvalue weighted by Gasteiger charge is -2.34. The second-order valence-corrected chi connectivity index (χ2v) is 9.42. The van der Waals surface area contributed by atoms with E-state index in [0.717, 1.165) is 5.56 Å². The molecule has 1 heterocycles. The molecular formula is C20H24Cl2N2O5S. The van der Waals surface area contributed by atoms with Crippen molar-refractivity contribution in [2.75, 3.05) is 47.5 Å². The molecule has 0 aliphatic carbocycles. The molecule has 1 aliphatic rings. The normalized spacial score (nSPS) is 15.8. The van der Waals surface area contributed by atoms with Crippen molar-refractivity contribution in [3.8, 4) is 17.2 Å². The van der Waals surface area contributed by atoms with E-state index in [9.17, 15) is 8.42 Å². The van der Waals surface area contributed by atoms with Crippen molar-refractivity contribution in [2.45, 2.75) is 11.4 Å². The molecule has 2 aromatic rings. The average Bonchev–Trinajstić information content (AvgIpc) is 2.75. The molecule has 30 heavy (non-hydrogen) atoms. The molecule has 1 fully saturated rings. The Morgan fingerprint density at radius 3 is 2.17 bits per heavy atom. The zero-order chi connectivity index (χ0) is 21.9. The van der Waals surface area contributed by atoms with Crippen LogP contribution in [0.25, 0.3) is 0 Å². The Kier molecular flexibility index (Phi) is 7.36. The lowest BCUT2D eigenvalue weighted by Crippen LogP contribution is -2.48. The first-order valence-electron chi connectivity index (χ1n) is 9.27. The van der Waals surface area contributed by atoms with E-state index in [0.29, 0.717) is 50.0 Å². The Labute approximate surface area is 187 Å². The van der Waals surface area contributed by atoms with Crippen LogP contribution in [0.5, 0.6) is 17.2 Å². The minimum absolute atomic E-state index is 0.0340. The summed E-state index contributed by atoms with van der Waals surface area (Å²) in [5, 5.41) is 0.272. The van der Waals surface area contributed by atoms with E-state index < -0.39 is 10.0 Å². The van der Waals surface area contributed by atoms with Gasteiger partial charge in [0.1, 0.15) is 4.90 Å². The van der Waals surface area contributed by atoms with E-state index in [2.05, 4.69) is 4.90 Å². The summed E-state index contributed by atoms with van der Waals surface area (Å²) < 4.78 is 43.7. The second kappa shape index (κ2) is 9.62. The Bertz CT molecular complexity index is 1010. The molecule has 0 atom stereocenters. The highest BCUT2D eigenvalue weighted by molar-refractivity contribution is 7.89. The zero-order valence-corrected chi connectivity index (χ0v) is 19.4. The maximum absolute atomic E-state index is 13.0. The molecule has 164 valence electrons. The van der Waals surface area contributed by atoms with E-state index >= 15 is 0 Å². The van der Waals surface area contributed by atoms with Crippen LogP contribution in [-0.4, -0.2) is 65.1 Å². The van der Waals surface area contributed by atoms with Gasteiger partial charge in [-0.1, -0.05) is 35.3 Å². The Morgan fingerprint density at radius 2 is 1.57 bits per heavy atom. The average molecular weight is 475 g/mol. The lowest BCUT2D eigenvalue weighted by molar-refractivity contribution is 0.179. The second-order valence-electron chi connectivity index (χ2n) is 6.73. The van der Waals surface area contributed by atoms with Gasteiger partial charge in [-0.25, -0.2) is 8.42 Å². The highest BCUT2D eigenvalue weighted by Gasteiger charge is 2.31. The molecule has 1 saturated heterocycles. The number of benzene rings is 2. The maximum atomic E-state index is 13.0. The summed E-state index contributed by atoms with van der Waals surface area (Å²) in [6.07, 6.45) is 0. The molecule has 0 spiro atoms. The van der Waals surface area contributed by atoms with Gasteiger partial charge in [0.25, 0.3) is 0 Å². The summed E-state index contributed by atoms with van der Waals surface area (Å²) in [4.78, 5) is 2.20. The number of nitrogens with zero attached hydrogens (tertiary/aromatic N) is 2. The van der Waals surface area contributed by atoms with E-state index in [-0.39, 0.29) is 14.9 Å². The van der Waals surface area contributed by atoms with Crippen molar-refractivity contribution in [3.63, 3.8) is 0 Å². The maximum Gasteiger partial charge on any atom is 0.244 e. The Morgan fingerprint density at radius 1 is 0.900 bits per heavy atom. The van der Waals surface area contributed by atoms with Crippen LogP contribution < -0.4 is 14.2 Å². The highest BCUT2D eigenvalue weighted by Crippen LogP contribution is 2.40. The van der Waals surface area contributed by atoms with Crippen LogP contribution >= 0.6 is 23.2 Å². The molecule has 0 unspecified atom stereocenters. The molecule has 2 aromatic carbocycles. The van der Waals surface area contributed by atoms with Gasteiger partial charge in [0.2, 0.25) is 15.8 Å². The van der Waals surface area contributed by atoms with Crippen LogP contribution in [0, 0.1) is 0 Å². The van der Waals surface area contributed by atoms with Gasteiger partial charge in [-0.2, -0.15) is 4.31 Å². The topological polar surface area (TPSA) is 68.3 Å². The molecule has 0 N–H and O–H groups in total. The van der Waals surface area contributed by atoms with Crippen LogP contribution in [0.4, 0.5) is 0 Å². The van der Waals surface area contributed by atoms with Gasteiger partial charge < -0.3 is 14.2 Å². The van der Waals surface area contributed by atoms with Crippen LogP contribution in [0.3, 0.4) is 0 Å². The number of sulfonamides is 1. The molecule has 0 radical (unpaired) electrons. The molecule has 0 aromatic heterocycles. The standard InChI is InChI=1S/C20H24Cl2N2O5S/c1-27-16-8-7-14(19(28-2)20(16)29-3)13-23-9-11-24(12-10-23)30(25,26)17-6-4-5-15(21)18(17)22/h4-8H,9-13H2,1-3H3. The van der Waals surface area contributed by atoms with Crippen molar-refractivity contribution >= 4 is 33.2 Å². The number of piperazine rings is 1. The van der Waals surface area contributed by atoms with E-state index in [1.165, 1.54) is 10.4 Å². The number of halogens is 2. The van der Waals surface area contributed by atoms with E-state index in [4.69, 9.17) is 37.4 Å². The third-order valence-electron chi connectivity index (χ3n) is 5.04. The molecule has 0 saturated carbocycles. The Hall–Kier alpha value is -1.71. The quantitative estimate of drug-likeness (QED) is 0.611. The fourth-order valence-corrected chi connectivity index (χ4v) is 5.64. The van der Waals surface area contributed by atoms with Gasteiger partial charge in [0, 0.05) is 38.3 Å². The van der Waals surface area contributed by atoms with Crippen LogP contribution in [0.1, 0.15) is 5.56 Å². The van der Waals surface area contributed by atoms with E-state index in [1.54, 1.807) is 33.5 Å². The minimum Gasteiger partial charge on any atom is -0.493 e. The van der Waals surface area contributed by atoms with Crippen LogP contribution in [0.2, 0.25) is 10.0 Å². The fourth-order valence-electron chi connectivity index (χ4n) is 3.48. The van der Waals surface area contributed by atoms with Gasteiger partial charge >= 0.3 is 0 Å². The minimum atomic E-state index is -3.71. The number of hydrogen-bond acceptors (Lipinski definition) is 6.